The van der Waals surface area contributed by atoms with Crippen molar-refractivity contribution in [2.75, 3.05) is 31.1 Å². The Labute approximate surface area is 251 Å². The summed E-state index contributed by atoms with van der Waals surface area (Å²) in [5.74, 6) is -1.35. The predicted octanol–water partition coefficient (Wildman–Crippen LogP) is 4.26. The molecule has 2 heterocycles. The summed E-state index contributed by atoms with van der Waals surface area (Å²) in [6.07, 6.45) is 1.52. The van der Waals surface area contributed by atoms with Crippen LogP contribution in [-0.2, 0) is 29.0 Å². The van der Waals surface area contributed by atoms with Crippen LogP contribution >= 0.6 is 0 Å². The zero-order chi connectivity index (χ0) is 30.1. The van der Waals surface area contributed by atoms with Gasteiger partial charge in [-0.3, -0.25) is 29.0 Å². The first-order valence-electron chi connectivity index (χ1n) is 14.9. The first-order chi connectivity index (χ1) is 20.8. The molecule has 1 atom stereocenters. The molecule has 2 fully saturated rings. The summed E-state index contributed by atoms with van der Waals surface area (Å²) in [5, 5.41) is 9.14. The van der Waals surface area contributed by atoms with Gasteiger partial charge in [-0.25, -0.2) is 0 Å². The van der Waals surface area contributed by atoms with E-state index in [-0.39, 0.29) is 30.8 Å². The molecule has 1 saturated carbocycles. The zero-order valence-corrected chi connectivity index (χ0v) is 24.3. The highest BCUT2D eigenvalue weighted by atomic mass is 16.2. The lowest BCUT2D eigenvalue weighted by Crippen LogP contribution is -2.47. The lowest BCUT2D eigenvalue weighted by atomic mass is 9.92. The highest BCUT2D eigenvalue weighted by Gasteiger charge is 2.45. The molecule has 218 valence electrons. The third-order valence-corrected chi connectivity index (χ3v) is 8.94. The van der Waals surface area contributed by atoms with E-state index in [0.29, 0.717) is 23.1 Å². The zero-order valence-electron chi connectivity index (χ0n) is 24.3. The molecule has 2 aliphatic heterocycles. The van der Waals surface area contributed by atoms with Gasteiger partial charge in [0, 0.05) is 44.8 Å². The third-order valence-electron chi connectivity index (χ3n) is 8.94. The Bertz CT molecular complexity index is 1650. The Hall–Kier alpha value is -4.61. The van der Waals surface area contributed by atoms with E-state index < -0.39 is 17.9 Å². The minimum atomic E-state index is -0.853. The summed E-state index contributed by atoms with van der Waals surface area (Å²) in [5.41, 5.74) is 6.96. The number of fused-ring (bicyclic) bond motifs is 1. The number of nitrogens with zero attached hydrogens (tertiary/aromatic N) is 4. The molecular formula is C35H34N4O4. The van der Waals surface area contributed by atoms with Gasteiger partial charge in [0.25, 0.3) is 11.8 Å². The number of aryl methyl sites for hydroxylation is 3. The number of amides is 2. The standard InChI is InChI=1S/C35H34N4O4/c1-23-19-26(21-36)10-13-30(23)38-17-15-37(16-18-38)22-25-7-5-24(6-8-25)9-11-27-3-2-4-29-33(27)35(43)39(34(29)42)31-14-12-28(40)20-32(31)41/h2-8,10,13,19,31H,9,11-12,14-18,20,22H2,1H3. The van der Waals surface area contributed by atoms with Crippen molar-refractivity contribution < 1.29 is 19.2 Å². The maximum atomic E-state index is 13.4. The van der Waals surface area contributed by atoms with Crippen molar-refractivity contribution in [3.63, 3.8) is 0 Å². The lowest BCUT2D eigenvalue weighted by Gasteiger charge is -2.37. The number of ketones is 2. The second-order valence-electron chi connectivity index (χ2n) is 11.7. The Morgan fingerprint density at radius 1 is 0.860 bits per heavy atom. The van der Waals surface area contributed by atoms with Crippen LogP contribution in [0.1, 0.15) is 67.8 Å². The van der Waals surface area contributed by atoms with Gasteiger partial charge >= 0.3 is 0 Å². The van der Waals surface area contributed by atoms with Gasteiger partial charge in [-0.15, -0.1) is 0 Å². The fraction of sp³-hybridized carbons (Fsp3) is 0.343. The van der Waals surface area contributed by atoms with Gasteiger partial charge in [0.1, 0.15) is 5.78 Å². The van der Waals surface area contributed by atoms with Gasteiger partial charge in [0.2, 0.25) is 0 Å². The molecule has 43 heavy (non-hydrogen) atoms. The summed E-state index contributed by atoms with van der Waals surface area (Å²) in [4.78, 5) is 56.7. The minimum absolute atomic E-state index is 0.137. The van der Waals surface area contributed by atoms with E-state index in [1.165, 1.54) is 11.3 Å². The van der Waals surface area contributed by atoms with Crippen molar-refractivity contribution in [2.45, 2.75) is 51.6 Å². The Morgan fingerprint density at radius 2 is 1.60 bits per heavy atom. The van der Waals surface area contributed by atoms with Crippen LogP contribution in [0.2, 0.25) is 0 Å². The maximum absolute atomic E-state index is 13.4. The van der Waals surface area contributed by atoms with Crippen molar-refractivity contribution in [3.8, 4) is 6.07 Å². The molecule has 6 rings (SSSR count). The summed E-state index contributed by atoms with van der Waals surface area (Å²) in [7, 11) is 0. The van der Waals surface area contributed by atoms with Crippen LogP contribution in [0.5, 0.6) is 0 Å². The average Bonchev–Trinajstić information content (AvgIpc) is 3.27. The number of carbonyl (C=O) groups is 4. The monoisotopic (exact) mass is 574 g/mol. The summed E-state index contributed by atoms with van der Waals surface area (Å²) in [6, 6.07) is 21.1. The number of Topliss-reactive ketones (excluding diaryl/α,β-unsaturated/α-hetero) is 2. The third kappa shape index (κ3) is 5.73. The molecule has 8 heteroatoms. The largest absolute Gasteiger partial charge is 0.369 e. The van der Waals surface area contributed by atoms with Gasteiger partial charge in [-0.1, -0.05) is 36.4 Å². The van der Waals surface area contributed by atoms with Crippen LogP contribution in [0.4, 0.5) is 5.69 Å². The van der Waals surface area contributed by atoms with E-state index >= 15 is 0 Å². The first kappa shape index (κ1) is 28.5. The van der Waals surface area contributed by atoms with Crippen LogP contribution in [0.25, 0.3) is 0 Å². The van der Waals surface area contributed by atoms with Crippen LogP contribution in [0.15, 0.2) is 60.7 Å². The molecule has 0 bridgehead atoms. The summed E-state index contributed by atoms with van der Waals surface area (Å²) < 4.78 is 0. The molecule has 1 unspecified atom stereocenters. The second kappa shape index (κ2) is 11.9. The normalized spacial score (nSPS) is 19.1. The smallest absolute Gasteiger partial charge is 0.262 e. The second-order valence-corrected chi connectivity index (χ2v) is 11.7. The van der Waals surface area contributed by atoms with Gasteiger partial charge in [0.05, 0.1) is 35.2 Å². The Balaban J connectivity index is 1.05. The van der Waals surface area contributed by atoms with E-state index in [1.807, 2.05) is 18.2 Å². The molecule has 0 N–H and O–H groups in total. The number of benzene rings is 3. The van der Waals surface area contributed by atoms with Crippen molar-refractivity contribution in [3.05, 3.63) is 99.6 Å². The molecule has 3 aromatic carbocycles. The van der Waals surface area contributed by atoms with E-state index in [0.717, 1.165) is 60.7 Å². The molecule has 3 aromatic rings. The Morgan fingerprint density at radius 3 is 2.30 bits per heavy atom. The SMILES string of the molecule is Cc1cc(C#N)ccc1N1CCN(Cc2ccc(CCc3cccc4c3C(=O)N(C3CCC(=O)CC3=O)C4=O)cc2)CC1. The number of carbonyl (C=O) groups excluding carboxylic acids is 4. The average molecular weight is 575 g/mol. The molecule has 8 nitrogen and oxygen atoms in total. The highest BCUT2D eigenvalue weighted by Crippen LogP contribution is 2.32. The van der Waals surface area contributed by atoms with Gasteiger partial charge in [-0.2, -0.15) is 5.26 Å². The molecule has 1 aliphatic carbocycles. The topological polar surface area (TPSA) is 102 Å². The fourth-order valence-electron chi connectivity index (χ4n) is 6.57. The molecule has 0 aromatic heterocycles. The van der Waals surface area contributed by atoms with E-state index in [4.69, 9.17) is 5.26 Å². The van der Waals surface area contributed by atoms with E-state index in [9.17, 15) is 19.2 Å². The number of piperazine rings is 1. The molecule has 1 saturated heterocycles. The number of anilines is 1. The molecule has 3 aliphatic rings. The first-order valence-corrected chi connectivity index (χ1v) is 14.9. The fourth-order valence-corrected chi connectivity index (χ4v) is 6.57. The maximum Gasteiger partial charge on any atom is 0.262 e. The van der Waals surface area contributed by atoms with E-state index in [2.05, 4.69) is 53.1 Å². The van der Waals surface area contributed by atoms with Crippen molar-refractivity contribution >= 4 is 29.1 Å². The number of hydrogen-bond acceptors (Lipinski definition) is 7. The molecule has 0 spiro atoms. The Kier molecular flexibility index (Phi) is 7.92. The van der Waals surface area contributed by atoms with Crippen molar-refractivity contribution in [2.24, 2.45) is 0 Å². The quantitative estimate of drug-likeness (QED) is 0.307. The molecule has 0 radical (unpaired) electrons. The number of imide groups is 1. The van der Waals surface area contributed by atoms with Crippen LogP contribution in [0.3, 0.4) is 0 Å². The van der Waals surface area contributed by atoms with Crippen molar-refractivity contribution in [1.29, 1.82) is 5.26 Å². The summed E-state index contributed by atoms with van der Waals surface area (Å²) in [6.45, 7) is 6.76. The number of hydrogen-bond donors (Lipinski definition) is 0. The molecular weight excluding hydrogens is 540 g/mol. The van der Waals surface area contributed by atoms with Gasteiger partial charge < -0.3 is 4.90 Å². The highest BCUT2D eigenvalue weighted by molar-refractivity contribution is 6.24. The van der Waals surface area contributed by atoms with Crippen molar-refractivity contribution in [1.82, 2.24) is 9.80 Å². The van der Waals surface area contributed by atoms with Gasteiger partial charge in [-0.05, 0) is 72.7 Å². The summed E-state index contributed by atoms with van der Waals surface area (Å²) >= 11 is 0. The van der Waals surface area contributed by atoms with Crippen LogP contribution in [0, 0.1) is 18.3 Å². The van der Waals surface area contributed by atoms with Crippen LogP contribution < -0.4 is 4.90 Å². The molecule has 2 amide bonds. The predicted molar refractivity (Wildman–Crippen MR) is 162 cm³/mol. The van der Waals surface area contributed by atoms with Crippen LogP contribution in [-0.4, -0.2) is 65.4 Å². The number of rotatable bonds is 7. The number of nitriles is 1. The van der Waals surface area contributed by atoms with Gasteiger partial charge in [0.15, 0.2) is 5.78 Å². The van der Waals surface area contributed by atoms with E-state index in [1.54, 1.807) is 12.1 Å². The lowest BCUT2D eigenvalue weighted by molar-refractivity contribution is -0.132. The minimum Gasteiger partial charge on any atom is -0.369 e.